The highest BCUT2D eigenvalue weighted by atomic mass is 15.2. The number of anilines is 1. The van der Waals surface area contributed by atoms with Gasteiger partial charge >= 0.3 is 0 Å². The lowest BCUT2D eigenvalue weighted by Crippen LogP contribution is -2.49. The molecule has 0 bridgehead atoms. The second kappa shape index (κ2) is 5.17. The summed E-state index contributed by atoms with van der Waals surface area (Å²) in [6.45, 7) is 4.06. The zero-order valence-electron chi connectivity index (χ0n) is 11.4. The van der Waals surface area contributed by atoms with E-state index in [4.69, 9.17) is 5.73 Å². The highest BCUT2D eigenvalue weighted by Crippen LogP contribution is 2.31. The van der Waals surface area contributed by atoms with E-state index in [1.807, 2.05) is 6.20 Å². The molecule has 1 fully saturated rings. The topological polar surface area (TPSA) is 42.2 Å². The molecule has 2 N–H and O–H groups in total. The Morgan fingerprint density at radius 3 is 3.00 bits per heavy atom. The number of piperidine rings is 1. The zero-order chi connectivity index (χ0) is 13.2. The third-order valence-electron chi connectivity index (χ3n) is 4.28. The lowest BCUT2D eigenvalue weighted by molar-refractivity contribution is 0.348. The van der Waals surface area contributed by atoms with Gasteiger partial charge in [0.1, 0.15) is 5.82 Å². The van der Waals surface area contributed by atoms with Gasteiger partial charge in [-0.15, -0.1) is 0 Å². The first-order chi connectivity index (χ1) is 9.31. The monoisotopic (exact) mass is 255 g/mol. The molecule has 0 aliphatic carbocycles. The van der Waals surface area contributed by atoms with E-state index < -0.39 is 0 Å². The Balaban J connectivity index is 2.07. The normalized spacial score (nSPS) is 23.8. The predicted octanol–water partition coefficient (Wildman–Crippen LogP) is 2.80. The number of nitrogens with zero attached hydrogens (tertiary/aromatic N) is 2. The van der Waals surface area contributed by atoms with E-state index in [0.29, 0.717) is 18.5 Å². The van der Waals surface area contributed by atoms with Crippen LogP contribution in [0.15, 0.2) is 36.5 Å². The number of rotatable bonds is 2. The summed E-state index contributed by atoms with van der Waals surface area (Å²) in [5.74, 6) is 1.74. The average Bonchev–Trinajstić information content (AvgIpc) is 2.46. The summed E-state index contributed by atoms with van der Waals surface area (Å²) < 4.78 is 0. The Hall–Kier alpha value is -1.61. The van der Waals surface area contributed by atoms with Crippen LogP contribution in [0.5, 0.6) is 0 Å². The molecule has 0 saturated carbocycles. The summed E-state index contributed by atoms with van der Waals surface area (Å²) in [5.41, 5.74) is 6.00. The van der Waals surface area contributed by atoms with Crippen molar-refractivity contribution in [3.8, 4) is 0 Å². The van der Waals surface area contributed by atoms with Crippen LogP contribution in [0, 0.1) is 5.92 Å². The van der Waals surface area contributed by atoms with Crippen LogP contribution in [-0.4, -0.2) is 24.1 Å². The van der Waals surface area contributed by atoms with Crippen LogP contribution in [0.25, 0.3) is 10.8 Å². The molecule has 3 nitrogen and oxygen atoms in total. The van der Waals surface area contributed by atoms with Crippen LogP contribution >= 0.6 is 0 Å². The number of benzene rings is 1. The molecule has 2 unspecified atom stereocenters. The second-order valence-electron chi connectivity index (χ2n) is 5.47. The van der Waals surface area contributed by atoms with Crippen molar-refractivity contribution in [1.82, 2.24) is 4.98 Å². The quantitative estimate of drug-likeness (QED) is 0.897. The maximum atomic E-state index is 6.00. The number of aromatic nitrogens is 1. The molecule has 0 radical (unpaired) electrons. The van der Waals surface area contributed by atoms with Gasteiger partial charge in [-0.25, -0.2) is 4.98 Å². The summed E-state index contributed by atoms with van der Waals surface area (Å²) >= 11 is 0. The minimum absolute atomic E-state index is 0.409. The van der Waals surface area contributed by atoms with Gasteiger partial charge in [-0.1, -0.05) is 31.2 Å². The molecule has 1 aliphatic heterocycles. The molecule has 100 valence electrons. The standard InChI is InChI=1S/C16H21N3/c1-12-5-4-10-19(15(12)11-17)16-14-7-3-2-6-13(14)8-9-18-16/h2-3,6-9,12,15H,4-5,10-11,17H2,1H3. The van der Waals surface area contributed by atoms with E-state index >= 15 is 0 Å². The van der Waals surface area contributed by atoms with Gasteiger partial charge in [0.25, 0.3) is 0 Å². The summed E-state index contributed by atoms with van der Waals surface area (Å²) in [7, 11) is 0. The Labute approximate surface area is 114 Å². The molecular weight excluding hydrogens is 234 g/mol. The predicted molar refractivity (Wildman–Crippen MR) is 80.3 cm³/mol. The Morgan fingerprint density at radius 1 is 1.32 bits per heavy atom. The van der Waals surface area contributed by atoms with E-state index in [9.17, 15) is 0 Å². The molecule has 19 heavy (non-hydrogen) atoms. The third kappa shape index (κ3) is 2.19. The van der Waals surface area contributed by atoms with Crippen molar-refractivity contribution in [1.29, 1.82) is 0 Å². The molecule has 1 aromatic carbocycles. The van der Waals surface area contributed by atoms with E-state index in [1.54, 1.807) is 0 Å². The van der Waals surface area contributed by atoms with E-state index in [1.165, 1.54) is 23.6 Å². The lowest BCUT2D eigenvalue weighted by atomic mass is 9.90. The smallest absolute Gasteiger partial charge is 0.136 e. The maximum absolute atomic E-state index is 6.00. The SMILES string of the molecule is CC1CCCN(c2nccc3ccccc23)C1CN. The first-order valence-corrected chi connectivity index (χ1v) is 7.11. The van der Waals surface area contributed by atoms with Crippen LogP contribution in [0.1, 0.15) is 19.8 Å². The fourth-order valence-electron chi connectivity index (χ4n) is 3.20. The Kier molecular flexibility index (Phi) is 3.38. The number of hydrogen-bond acceptors (Lipinski definition) is 3. The van der Waals surface area contributed by atoms with E-state index in [2.05, 4.69) is 47.1 Å². The van der Waals surface area contributed by atoms with Crippen LogP contribution in [0.2, 0.25) is 0 Å². The van der Waals surface area contributed by atoms with Crippen molar-refractivity contribution in [2.75, 3.05) is 18.0 Å². The van der Waals surface area contributed by atoms with Gasteiger partial charge < -0.3 is 10.6 Å². The number of hydrogen-bond donors (Lipinski definition) is 1. The number of pyridine rings is 1. The molecule has 2 atom stereocenters. The van der Waals surface area contributed by atoms with Gasteiger partial charge in [-0.05, 0) is 30.2 Å². The Bertz CT molecular complexity index is 561. The molecular formula is C16H21N3. The zero-order valence-corrected chi connectivity index (χ0v) is 11.4. The van der Waals surface area contributed by atoms with Crippen molar-refractivity contribution < 1.29 is 0 Å². The molecule has 0 amide bonds. The molecule has 1 aromatic heterocycles. The lowest BCUT2D eigenvalue weighted by Gasteiger charge is -2.40. The Morgan fingerprint density at radius 2 is 2.16 bits per heavy atom. The van der Waals surface area contributed by atoms with Gasteiger partial charge in [-0.3, -0.25) is 0 Å². The molecule has 3 rings (SSSR count). The average molecular weight is 255 g/mol. The molecule has 2 aromatic rings. The van der Waals surface area contributed by atoms with Crippen molar-refractivity contribution >= 4 is 16.6 Å². The summed E-state index contributed by atoms with van der Waals surface area (Å²) in [4.78, 5) is 7.05. The van der Waals surface area contributed by atoms with Crippen molar-refractivity contribution in [3.05, 3.63) is 36.5 Å². The van der Waals surface area contributed by atoms with Gasteiger partial charge in [0.05, 0.1) is 0 Å². The summed E-state index contributed by atoms with van der Waals surface area (Å²) in [6, 6.07) is 10.9. The number of fused-ring (bicyclic) bond motifs is 1. The minimum Gasteiger partial charge on any atom is -0.352 e. The van der Waals surface area contributed by atoms with Crippen LogP contribution in [-0.2, 0) is 0 Å². The van der Waals surface area contributed by atoms with Gasteiger partial charge in [0, 0.05) is 30.7 Å². The maximum Gasteiger partial charge on any atom is 0.136 e. The summed E-state index contributed by atoms with van der Waals surface area (Å²) in [6.07, 6.45) is 4.40. The first kappa shape index (κ1) is 12.4. The molecule has 0 spiro atoms. The fraction of sp³-hybridized carbons (Fsp3) is 0.438. The van der Waals surface area contributed by atoms with Crippen LogP contribution < -0.4 is 10.6 Å². The largest absolute Gasteiger partial charge is 0.352 e. The first-order valence-electron chi connectivity index (χ1n) is 7.11. The van der Waals surface area contributed by atoms with Crippen molar-refractivity contribution in [2.45, 2.75) is 25.8 Å². The molecule has 1 aliphatic rings. The molecule has 2 heterocycles. The van der Waals surface area contributed by atoms with Crippen molar-refractivity contribution in [2.24, 2.45) is 11.7 Å². The van der Waals surface area contributed by atoms with Gasteiger partial charge in [0.2, 0.25) is 0 Å². The highest BCUT2D eigenvalue weighted by molar-refractivity contribution is 5.92. The van der Waals surface area contributed by atoms with Gasteiger partial charge in [-0.2, -0.15) is 0 Å². The summed E-state index contributed by atoms with van der Waals surface area (Å²) in [5, 5.41) is 2.49. The van der Waals surface area contributed by atoms with E-state index in [-0.39, 0.29) is 0 Å². The van der Waals surface area contributed by atoms with Crippen molar-refractivity contribution in [3.63, 3.8) is 0 Å². The minimum atomic E-state index is 0.409. The third-order valence-corrected chi connectivity index (χ3v) is 4.28. The fourth-order valence-corrected chi connectivity index (χ4v) is 3.20. The van der Waals surface area contributed by atoms with E-state index in [0.717, 1.165) is 12.4 Å². The molecule has 3 heteroatoms. The second-order valence-corrected chi connectivity index (χ2v) is 5.47. The highest BCUT2D eigenvalue weighted by Gasteiger charge is 2.28. The number of nitrogens with two attached hydrogens (primary N) is 1. The van der Waals surface area contributed by atoms with Crippen LogP contribution in [0.3, 0.4) is 0 Å². The molecule has 1 saturated heterocycles. The van der Waals surface area contributed by atoms with Crippen LogP contribution in [0.4, 0.5) is 5.82 Å². The van der Waals surface area contributed by atoms with Gasteiger partial charge in [0.15, 0.2) is 0 Å².